The number of carbonyl (C=O) groups is 3. The molecule has 11 heteroatoms. The topological polar surface area (TPSA) is 159 Å². The van der Waals surface area contributed by atoms with Crippen molar-refractivity contribution in [3.8, 4) is 0 Å². The van der Waals surface area contributed by atoms with Gasteiger partial charge in [0.1, 0.15) is 16.9 Å². The fourth-order valence-corrected chi connectivity index (χ4v) is 2.50. The van der Waals surface area contributed by atoms with Gasteiger partial charge in [-0.25, -0.2) is 9.59 Å². The second-order valence-electron chi connectivity index (χ2n) is 5.18. The van der Waals surface area contributed by atoms with Gasteiger partial charge in [-0.15, -0.1) is 0 Å². The van der Waals surface area contributed by atoms with Crippen molar-refractivity contribution < 1.29 is 34.3 Å². The third-order valence-corrected chi connectivity index (χ3v) is 3.66. The SMILES string of the molecule is COC(=O)C1=C(Nc2cccc(C(=O)O)c2[N+](=O)[O-])C(=O)N(CCO)C1. The molecule has 0 fully saturated rings. The highest BCUT2D eigenvalue weighted by Crippen LogP contribution is 2.32. The van der Waals surface area contributed by atoms with Crippen molar-refractivity contribution in [2.45, 2.75) is 0 Å². The number of benzene rings is 1. The molecule has 0 spiro atoms. The number of carbonyl (C=O) groups excluding carboxylic acids is 2. The molecule has 26 heavy (non-hydrogen) atoms. The van der Waals surface area contributed by atoms with E-state index in [4.69, 9.17) is 10.2 Å². The maximum atomic E-state index is 12.4. The van der Waals surface area contributed by atoms with Crippen molar-refractivity contribution in [3.63, 3.8) is 0 Å². The highest BCUT2D eigenvalue weighted by molar-refractivity contribution is 6.09. The molecule has 1 amide bonds. The zero-order valence-corrected chi connectivity index (χ0v) is 13.6. The Bertz CT molecular complexity index is 817. The van der Waals surface area contributed by atoms with Crippen molar-refractivity contribution in [2.75, 3.05) is 32.1 Å². The molecule has 1 aromatic rings. The van der Waals surface area contributed by atoms with E-state index in [1.807, 2.05) is 0 Å². The first-order chi connectivity index (χ1) is 12.3. The first-order valence-electron chi connectivity index (χ1n) is 7.31. The van der Waals surface area contributed by atoms with Gasteiger partial charge in [-0.05, 0) is 12.1 Å². The summed E-state index contributed by atoms with van der Waals surface area (Å²) in [4.78, 5) is 47.1. The van der Waals surface area contributed by atoms with Crippen LogP contribution in [-0.4, -0.2) is 64.7 Å². The number of rotatable bonds is 7. The van der Waals surface area contributed by atoms with Crippen LogP contribution in [0.3, 0.4) is 0 Å². The standard InChI is InChI=1S/C15H15N3O8/c1-26-15(23)9-7-17(5-6-19)13(20)11(9)16-10-4-2-3-8(14(21)22)12(10)18(24)25/h2-4,16,19H,5-7H2,1H3,(H,21,22). The molecule has 11 nitrogen and oxygen atoms in total. The number of ether oxygens (including phenoxy) is 1. The number of aliphatic hydroxyl groups excluding tert-OH is 1. The first-order valence-corrected chi connectivity index (χ1v) is 7.31. The van der Waals surface area contributed by atoms with Crippen molar-refractivity contribution in [1.82, 2.24) is 4.90 Å². The van der Waals surface area contributed by atoms with Crippen LogP contribution >= 0.6 is 0 Å². The van der Waals surface area contributed by atoms with Crippen LogP contribution in [0.2, 0.25) is 0 Å². The number of methoxy groups -OCH3 is 1. The number of aromatic carboxylic acids is 1. The van der Waals surface area contributed by atoms with E-state index in [-0.39, 0.29) is 36.7 Å². The molecule has 0 saturated carbocycles. The Kier molecular flexibility index (Phi) is 5.52. The second kappa shape index (κ2) is 7.61. The molecule has 0 radical (unpaired) electrons. The number of carboxylic acid groups (broad SMARTS) is 1. The van der Waals surface area contributed by atoms with Gasteiger partial charge in [-0.3, -0.25) is 14.9 Å². The van der Waals surface area contributed by atoms with E-state index < -0.39 is 34.0 Å². The number of nitrogens with one attached hydrogen (secondary N) is 1. The number of esters is 1. The zero-order chi connectivity index (χ0) is 19.4. The van der Waals surface area contributed by atoms with Gasteiger partial charge in [0.25, 0.3) is 5.91 Å². The van der Waals surface area contributed by atoms with E-state index in [0.717, 1.165) is 18.1 Å². The minimum absolute atomic E-state index is 0.0538. The molecule has 0 bridgehead atoms. The number of anilines is 1. The van der Waals surface area contributed by atoms with E-state index in [9.17, 15) is 24.5 Å². The van der Waals surface area contributed by atoms with Crippen molar-refractivity contribution in [1.29, 1.82) is 0 Å². The lowest BCUT2D eigenvalue weighted by molar-refractivity contribution is -0.384. The van der Waals surface area contributed by atoms with Crippen LogP contribution in [0.5, 0.6) is 0 Å². The largest absolute Gasteiger partial charge is 0.477 e. The lowest BCUT2D eigenvalue weighted by atomic mass is 10.1. The highest BCUT2D eigenvalue weighted by Gasteiger charge is 2.36. The van der Waals surface area contributed by atoms with Crippen LogP contribution in [0.15, 0.2) is 29.5 Å². The summed E-state index contributed by atoms with van der Waals surface area (Å²) >= 11 is 0. The summed E-state index contributed by atoms with van der Waals surface area (Å²) in [5.41, 5.74) is -1.93. The molecule has 1 aliphatic rings. The monoisotopic (exact) mass is 365 g/mol. The van der Waals surface area contributed by atoms with Gasteiger partial charge in [0.15, 0.2) is 0 Å². The number of hydrogen-bond donors (Lipinski definition) is 3. The van der Waals surface area contributed by atoms with Gasteiger partial charge in [-0.2, -0.15) is 0 Å². The van der Waals surface area contributed by atoms with Gasteiger partial charge in [0, 0.05) is 6.54 Å². The first kappa shape index (κ1) is 18.9. The minimum Gasteiger partial charge on any atom is -0.477 e. The Morgan fingerprint density at radius 1 is 1.42 bits per heavy atom. The number of para-hydroxylation sites is 1. The molecular formula is C15H15N3O8. The molecule has 1 aromatic carbocycles. The van der Waals surface area contributed by atoms with Crippen molar-refractivity contribution in [2.24, 2.45) is 0 Å². The summed E-state index contributed by atoms with van der Waals surface area (Å²) in [7, 11) is 1.11. The average molecular weight is 365 g/mol. The number of nitro benzene ring substituents is 1. The number of hydrogen-bond acceptors (Lipinski definition) is 8. The maximum Gasteiger partial charge on any atom is 0.342 e. The molecule has 0 aliphatic carbocycles. The third kappa shape index (κ3) is 3.47. The Morgan fingerprint density at radius 2 is 2.12 bits per heavy atom. The molecule has 0 aromatic heterocycles. The lowest BCUT2D eigenvalue weighted by Crippen LogP contribution is -2.31. The summed E-state index contributed by atoms with van der Waals surface area (Å²) in [5, 5.41) is 31.9. The third-order valence-electron chi connectivity index (χ3n) is 3.66. The zero-order valence-electron chi connectivity index (χ0n) is 13.6. The van der Waals surface area contributed by atoms with Crippen LogP contribution in [-0.2, 0) is 14.3 Å². The van der Waals surface area contributed by atoms with E-state index in [2.05, 4.69) is 10.1 Å². The minimum atomic E-state index is -1.51. The van der Waals surface area contributed by atoms with E-state index in [1.165, 1.54) is 12.1 Å². The molecule has 1 heterocycles. The van der Waals surface area contributed by atoms with Crippen molar-refractivity contribution in [3.05, 3.63) is 45.1 Å². The fraction of sp³-hybridized carbons (Fsp3) is 0.267. The normalized spacial score (nSPS) is 13.8. The Hall–Kier alpha value is -3.47. The second-order valence-corrected chi connectivity index (χ2v) is 5.18. The number of nitrogens with zero attached hydrogens (tertiary/aromatic N) is 2. The number of carboxylic acids is 1. The Morgan fingerprint density at radius 3 is 2.65 bits per heavy atom. The molecular weight excluding hydrogens is 350 g/mol. The van der Waals surface area contributed by atoms with E-state index in [0.29, 0.717) is 0 Å². The number of nitro groups is 1. The Balaban J connectivity index is 2.52. The predicted molar refractivity (Wildman–Crippen MR) is 86.4 cm³/mol. The van der Waals surface area contributed by atoms with Crippen LogP contribution in [0.25, 0.3) is 0 Å². The molecule has 0 atom stereocenters. The van der Waals surface area contributed by atoms with Crippen LogP contribution in [0.1, 0.15) is 10.4 Å². The van der Waals surface area contributed by atoms with Crippen molar-refractivity contribution >= 4 is 29.2 Å². The molecule has 3 N–H and O–H groups in total. The quantitative estimate of drug-likeness (QED) is 0.342. The van der Waals surface area contributed by atoms with Gasteiger partial charge in [-0.1, -0.05) is 6.07 Å². The number of amides is 1. The maximum absolute atomic E-state index is 12.4. The summed E-state index contributed by atoms with van der Waals surface area (Å²) in [6.07, 6.45) is 0. The van der Waals surface area contributed by atoms with Crippen LogP contribution < -0.4 is 5.32 Å². The van der Waals surface area contributed by atoms with Gasteiger partial charge >= 0.3 is 17.6 Å². The molecule has 1 aliphatic heterocycles. The predicted octanol–water partition coefficient (Wildman–Crippen LogP) is -0.0335. The Labute approximate surface area is 146 Å². The summed E-state index contributed by atoms with van der Waals surface area (Å²) in [6, 6.07) is 3.53. The smallest absolute Gasteiger partial charge is 0.342 e. The molecule has 2 rings (SSSR count). The van der Waals surface area contributed by atoms with Gasteiger partial charge in [0.2, 0.25) is 0 Å². The summed E-state index contributed by atoms with van der Waals surface area (Å²) in [5.74, 6) is -3.00. The number of β-amino-alcohol motifs (C(OH)–C–C–N with tert-alkyl or cyclic N) is 1. The lowest BCUT2D eigenvalue weighted by Gasteiger charge is -2.15. The summed E-state index contributed by atoms with van der Waals surface area (Å²) in [6.45, 7) is -0.551. The van der Waals surface area contributed by atoms with E-state index in [1.54, 1.807) is 0 Å². The molecule has 138 valence electrons. The van der Waals surface area contributed by atoms with Gasteiger partial charge in [0.05, 0.1) is 30.8 Å². The summed E-state index contributed by atoms with van der Waals surface area (Å²) < 4.78 is 4.61. The van der Waals surface area contributed by atoms with Crippen LogP contribution in [0, 0.1) is 10.1 Å². The van der Waals surface area contributed by atoms with Crippen LogP contribution in [0.4, 0.5) is 11.4 Å². The average Bonchev–Trinajstić information content (AvgIpc) is 2.90. The fourth-order valence-electron chi connectivity index (χ4n) is 2.50. The van der Waals surface area contributed by atoms with E-state index >= 15 is 0 Å². The van der Waals surface area contributed by atoms with Gasteiger partial charge < -0.3 is 25.2 Å². The highest BCUT2D eigenvalue weighted by atomic mass is 16.6. The molecule has 0 unspecified atom stereocenters. The number of aliphatic hydroxyl groups is 1. The molecule has 0 saturated heterocycles.